The summed E-state index contributed by atoms with van der Waals surface area (Å²) >= 11 is 6.06. The van der Waals surface area contributed by atoms with Gasteiger partial charge in [-0.2, -0.15) is 0 Å². The van der Waals surface area contributed by atoms with Crippen LogP contribution in [0.4, 0.5) is 0 Å². The van der Waals surface area contributed by atoms with Crippen molar-refractivity contribution in [2.75, 3.05) is 26.0 Å². The summed E-state index contributed by atoms with van der Waals surface area (Å²) in [5.41, 5.74) is 2.24. The quantitative estimate of drug-likeness (QED) is 0.670. The Morgan fingerprint density at radius 2 is 1.90 bits per heavy atom. The molecule has 1 fully saturated rings. The lowest BCUT2D eigenvalue weighted by atomic mass is 9.99. The van der Waals surface area contributed by atoms with Crippen LogP contribution in [0.1, 0.15) is 29.7 Å². The van der Waals surface area contributed by atoms with E-state index in [4.69, 9.17) is 20.8 Å². The van der Waals surface area contributed by atoms with Crippen LogP contribution in [0, 0.1) is 5.92 Å². The van der Waals surface area contributed by atoms with Gasteiger partial charge in [0.25, 0.3) is 0 Å². The number of halogens is 1. The molecule has 0 aliphatic carbocycles. The minimum Gasteiger partial charge on any atom is -0.486 e. The smallest absolute Gasteiger partial charge is 0.227 e. The molecular weight excluding hydrogens is 428 g/mol. The molecule has 4 rings (SSSR count). The highest BCUT2D eigenvalue weighted by Gasteiger charge is 2.25. The minimum atomic E-state index is -3.14. The molecule has 2 aromatic rings. The first-order chi connectivity index (χ1) is 14.3. The van der Waals surface area contributed by atoms with Gasteiger partial charge in [0.15, 0.2) is 0 Å². The fourth-order valence-electron chi connectivity index (χ4n) is 4.01. The van der Waals surface area contributed by atoms with Crippen molar-refractivity contribution in [1.29, 1.82) is 0 Å². The van der Waals surface area contributed by atoms with Crippen LogP contribution in [0.25, 0.3) is 0 Å². The van der Waals surface area contributed by atoms with Gasteiger partial charge in [-0.15, -0.1) is 0 Å². The molecular formula is C21H25ClN2O5S. The first kappa shape index (κ1) is 21.4. The van der Waals surface area contributed by atoms with Crippen molar-refractivity contribution in [1.82, 2.24) is 9.21 Å². The molecule has 0 spiro atoms. The van der Waals surface area contributed by atoms with Crippen molar-refractivity contribution in [3.05, 3.63) is 62.7 Å². The highest BCUT2D eigenvalue weighted by molar-refractivity contribution is 7.88. The number of hydrogen-bond donors (Lipinski definition) is 0. The van der Waals surface area contributed by atoms with E-state index in [2.05, 4.69) is 4.90 Å². The third-order valence-electron chi connectivity index (χ3n) is 5.70. The van der Waals surface area contributed by atoms with Gasteiger partial charge in [0, 0.05) is 37.3 Å². The summed E-state index contributed by atoms with van der Waals surface area (Å²) in [6, 6.07) is 7.38. The predicted octanol–water partition coefficient (Wildman–Crippen LogP) is 2.86. The topological polar surface area (TPSA) is 80.1 Å². The lowest BCUT2D eigenvalue weighted by Gasteiger charge is -2.29. The van der Waals surface area contributed by atoms with Crippen molar-refractivity contribution >= 4 is 21.6 Å². The highest BCUT2D eigenvalue weighted by atomic mass is 35.5. The summed E-state index contributed by atoms with van der Waals surface area (Å²) in [4.78, 5) is 14.6. The second kappa shape index (κ2) is 8.70. The number of fused-ring (bicyclic) bond motifs is 1. The molecule has 0 bridgehead atoms. The number of ether oxygens (including phenoxy) is 1. The zero-order valence-electron chi connectivity index (χ0n) is 16.8. The molecule has 162 valence electrons. The molecule has 2 aliphatic rings. The standard InChI is InChI=1S/C21H25ClN2O5S/c1-30(26,27)24-6-4-15(5-7-24)13-29-21-14-28-19(9-20(21)25)12-23-10-16-2-3-18(22)8-17(16)11-23/h2-3,8-9,14-15H,4-7,10-13H2,1H3. The molecule has 3 heterocycles. The third kappa shape index (κ3) is 5.06. The number of nitrogens with zero attached hydrogens (tertiary/aromatic N) is 2. The van der Waals surface area contributed by atoms with Crippen molar-refractivity contribution in [3.8, 4) is 5.75 Å². The molecule has 0 unspecified atom stereocenters. The van der Waals surface area contributed by atoms with Gasteiger partial charge in [0.1, 0.15) is 12.0 Å². The second-order valence-electron chi connectivity index (χ2n) is 8.05. The Kier molecular flexibility index (Phi) is 6.20. The molecule has 0 N–H and O–H groups in total. The Balaban J connectivity index is 1.29. The van der Waals surface area contributed by atoms with Gasteiger partial charge in [0.05, 0.1) is 19.4 Å². The number of piperidine rings is 1. The molecule has 1 aromatic heterocycles. The van der Waals surface area contributed by atoms with Gasteiger partial charge in [-0.25, -0.2) is 12.7 Å². The molecule has 9 heteroatoms. The Labute approximate surface area is 181 Å². The molecule has 1 aromatic carbocycles. The summed E-state index contributed by atoms with van der Waals surface area (Å²) in [6.07, 6.45) is 4.04. The number of rotatable bonds is 6. The van der Waals surface area contributed by atoms with Crippen LogP contribution in [0.3, 0.4) is 0 Å². The van der Waals surface area contributed by atoms with Crippen LogP contribution < -0.4 is 10.2 Å². The molecule has 0 saturated carbocycles. The van der Waals surface area contributed by atoms with E-state index < -0.39 is 10.0 Å². The SMILES string of the molecule is CS(=O)(=O)N1CCC(COc2coc(CN3Cc4ccc(Cl)cc4C3)cc2=O)CC1. The molecule has 7 nitrogen and oxygen atoms in total. The maximum atomic E-state index is 12.4. The number of benzene rings is 1. The first-order valence-corrected chi connectivity index (χ1v) is 12.2. The van der Waals surface area contributed by atoms with E-state index in [1.165, 1.54) is 34.0 Å². The van der Waals surface area contributed by atoms with Crippen LogP contribution in [0.5, 0.6) is 5.75 Å². The van der Waals surface area contributed by atoms with Gasteiger partial charge in [-0.05, 0) is 42.0 Å². The van der Waals surface area contributed by atoms with E-state index in [9.17, 15) is 13.2 Å². The Bertz CT molecular complexity index is 1080. The molecule has 0 amide bonds. The van der Waals surface area contributed by atoms with Gasteiger partial charge < -0.3 is 9.15 Å². The van der Waals surface area contributed by atoms with E-state index in [-0.39, 0.29) is 17.1 Å². The minimum absolute atomic E-state index is 0.195. The normalized spacial score (nSPS) is 18.5. The fraction of sp³-hybridized carbons (Fsp3) is 0.476. The first-order valence-electron chi connectivity index (χ1n) is 9.97. The zero-order chi connectivity index (χ0) is 21.3. The van der Waals surface area contributed by atoms with Crippen LogP contribution in [0.15, 0.2) is 39.7 Å². The maximum Gasteiger partial charge on any atom is 0.227 e. The van der Waals surface area contributed by atoms with E-state index in [1.54, 1.807) is 0 Å². The van der Waals surface area contributed by atoms with Crippen LogP contribution in [-0.2, 0) is 29.7 Å². The summed E-state index contributed by atoms with van der Waals surface area (Å²) in [5.74, 6) is 1.01. The van der Waals surface area contributed by atoms with E-state index in [0.717, 1.165) is 31.0 Å². The molecule has 0 radical (unpaired) electrons. The monoisotopic (exact) mass is 452 g/mol. The predicted molar refractivity (Wildman–Crippen MR) is 114 cm³/mol. The second-order valence-corrected chi connectivity index (χ2v) is 10.5. The average Bonchev–Trinajstić information content (AvgIpc) is 3.08. The van der Waals surface area contributed by atoms with Crippen LogP contribution >= 0.6 is 11.6 Å². The Hall–Kier alpha value is -1.87. The summed E-state index contributed by atoms with van der Waals surface area (Å²) < 4.78 is 36.0. The van der Waals surface area contributed by atoms with Crippen LogP contribution in [-0.4, -0.2) is 43.6 Å². The van der Waals surface area contributed by atoms with Gasteiger partial charge >= 0.3 is 0 Å². The fourth-order valence-corrected chi connectivity index (χ4v) is 5.08. The van der Waals surface area contributed by atoms with Crippen LogP contribution in [0.2, 0.25) is 5.02 Å². The molecule has 30 heavy (non-hydrogen) atoms. The lowest BCUT2D eigenvalue weighted by Crippen LogP contribution is -2.39. The van der Waals surface area contributed by atoms with Crippen molar-refractivity contribution in [2.45, 2.75) is 32.5 Å². The van der Waals surface area contributed by atoms with Gasteiger partial charge in [0.2, 0.25) is 21.2 Å². The zero-order valence-corrected chi connectivity index (χ0v) is 18.4. The summed E-state index contributed by atoms with van der Waals surface area (Å²) in [6.45, 7) is 3.45. The Morgan fingerprint density at radius 3 is 2.60 bits per heavy atom. The van der Waals surface area contributed by atoms with Crippen molar-refractivity contribution in [2.24, 2.45) is 5.92 Å². The Morgan fingerprint density at radius 1 is 1.17 bits per heavy atom. The van der Waals surface area contributed by atoms with Crippen molar-refractivity contribution < 1.29 is 17.6 Å². The molecule has 2 aliphatic heterocycles. The average molecular weight is 453 g/mol. The number of hydrogen-bond acceptors (Lipinski definition) is 6. The molecule has 0 atom stereocenters. The third-order valence-corrected chi connectivity index (χ3v) is 7.24. The molecule has 1 saturated heterocycles. The van der Waals surface area contributed by atoms with Crippen molar-refractivity contribution in [3.63, 3.8) is 0 Å². The number of sulfonamides is 1. The largest absolute Gasteiger partial charge is 0.486 e. The maximum absolute atomic E-state index is 12.4. The van der Waals surface area contributed by atoms with E-state index in [1.807, 2.05) is 18.2 Å². The summed E-state index contributed by atoms with van der Waals surface area (Å²) in [5, 5.41) is 0.727. The van der Waals surface area contributed by atoms with E-state index in [0.29, 0.717) is 32.0 Å². The highest BCUT2D eigenvalue weighted by Crippen LogP contribution is 2.27. The lowest BCUT2D eigenvalue weighted by molar-refractivity contribution is 0.180. The summed E-state index contributed by atoms with van der Waals surface area (Å²) in [7, 11) is -3.14. The van der Waals surface area contributed by atoms with E-state index >= 15 is 0 Å². The van der Waals surface area contributed by atoms with Gasteiger partial charge in [-0.3, -0.25) is 9.69 Å². The van der Waals surface area contributed by atoms with Gasteiger partial charge in [-0.1, -0.05) is 17.7 Å².